The van der Waals surface area contributed by atoms with Crippen LogP contribution in [0.2, 0.25) is 0 Å². The number of likely N-dealkylation sites (N-methyl/N-ethyl adjacent to an activating group) is 1. The quantitative estimate of drug-likeness (QED) is 0.517. The standard InChI is InChI=1S/C25H39NO7/c1-6-26-11-22(3)8-7-16(28)24-14-9-13-15(31-4)10-23(29,17(14)18(13)33-12(2)27)25(30,21(24)26)20(32-5)19(22)24/h13-21,28-30H,6-11H2,1-5H3/t13-,14-,15+,16+,17-,18+,19-,20+,21?,22+,23-,24+,25-/m1/s1. The molecule has 1 heterocycles. The number of fused-ring (bicyclic) bond motifs is 2. The Hall–Kier alpha value is -0.770. The Kier molecular flexibility index (Phi) is 4.61. The van der Waals surface area contributed by atoms with E-state index < -0.39 is 46.9 Å². The van der Waals surface area contributed by atoms with E-state index in [1.54, 1.807) is 14.2 Å². The van der Waals surface area contributed by atoms with Crippen LogP contribution in [0.3, 0.4) is 0 Å². The highest BCUT2D eigenvalue weighted by Crippen LogP contribution is 2.80. The van der Waals surface area contributed by atoms with E-state index in [0.29, 0.717) is 12.8 Å². The second-order valence-electron chi connectivity index (χ2n) is 12.1. The van der Waals surface area contributed by atoms with Crippen LogP contribution < -0.4 is 0 Å². The van der Waals surface area contributed by atoms with Crippen LogP contribution in [0.1, 0.15) is 46.5 Å². The zero-order valence-electron chi connectivity index (χ0n) is 20.4. The average molecular weight is 466 g/mol. The lowest BCUT2D eigenvalue weighted by molar-refractivity contribution is -0.316. The number of carbonyl (C=O) groups is 1. The number of aliphatic hydroxyl groups excluding tert-OH is 1. The van der Waals surface area contributed by atoms with E-state index in [9.17, 15) is 20.1 Å². The molecular weight excluding hydrogens is 426 g/mol. The molecule has 6 aliphatic rings. The first-order chi connectivity index (χ1) is 15.6. The van der Waals surface area contributed by atoms with E-state index in [2.05, 4.69) is 18.7 Å². The molecule has 1 unspecified atom stereocenters. The zero-order valence-corrected chi connectivity index (χ0v) is 20.4. The van der Waals surface area contributed by atoms with E-state index in [4.69, 9.17) is 14.2 Å². The highest BCUT2D eigenvalue weighted by atomic mass is 16.6. The lowest BCUT2D eigenvalue weighted by Gasteiger charge is -2.69. The summed E-state index contributed by atoms with van der Waals surface area (Å²) in [5, 5.41) is 37.4. The van der Waals surface area contributed by atoms with E-state index >= 15 is 0 Å². The summed E-state index contributed by atoms with van der Waals surface area (Å²) >= 11 is 0. The molecule has 0 aromatic carbocycles. The maximum atomic E-state index is 12.9. The van der Waals surface area contributed by atoms with Crippen LogP contribution in [0, 0.1) is 34.5 Å². The molecule has 0 aromatic rings. The fraction of sp³-hybridized carbons (Fsp3) is 0.960. The number of ether oxygens (including phenoxy) is 3. The third-order valence-corrected chi connectivity index (χ3v) is 11.3. The maximum absolute atomic E-state index is 12.9. The fourth-order valence-corrected chi connectivity index (χ4v) is 10.7. The zero-order chi connectivity index (χ0) is 23.7. The third-order valence-electron chi connectivity index (χ3n) is 11.3. The number of aliphatic hydroxyl groups is 3. The van der Waals surface area contributed by atoms with Crippen molar-refractivity contribution in [1.29, 1.82) is 0 Å². The molecular formula is C25H39NO7. The number of nitrogens with zero attached hydrogens (tertiary/aromatic N) is 1. The van der Waals surface area contributed by atoms with Crippen molar-refractivity contribution in [1.82, 2.24) is 4.90 Å². The van der Waals surface area contributed by atoms with Gasteiger partial charge in [-0.25, -0.2) is 0 Å². The van der Waals surface area contributed by atoms with Gasteiger partial charge in [0.05, 0.1) is 24.4 Å². The Balaban J connectivity index is 1.65. The molecule has 7 bridgehead atoms. The van der Waals surface area contributed by atoms with Crippen LogP contribution in [0.4, 0.5) is 0 Å². The van der Waals surface area contributed by atoms with Crippen LogP contribution in [0.15, 0.2) is 0 Å². The number of rotatable bonds is 4. The van der Waals surface area contributed by atoms with Gasteiger partial charge in [0, 0.05) is 57.3 Å². The van der Waals surface area contributed by atoms with Gasteiger partial charge < -0.3 is 29.5 Å². The van der Waals surface area contributed by atoms with Gasteiger partial charge >= 0.3 is 5.97 Å². The van der Waals surface area contributed by atoms with Gasteiger partial charge in [-0.1, -0.05) is 13.8 Å². The summed E-state index contributed by atoms with van der Waals surface area (Å²) in [6.45, 7) is 7.30. The Labute approximate surface area is 195 Å². The van der Waals surface area contributed by atoms with Crippen molar-refractivity contribution in [3.05, 3.63) is 0 Å². The lowest BCUT2D eigenvalue weighted by atomic mass is 9.43. The molecule has 3 N–H and O–H groups in total. The summed E-state index contributed by atoms with van der Waals surface area (Å²) in [6.07, 6.45) is 0.363. The lowest BCUT2D eigenvalue weighted by Crippen LogP contribution is -2.81. The summed E-state index contributed by atoms with van der Waals surface area (Å²) in [5.41, 5.74) is -3.96. The van der Waals surface area contributed by atoms with Gasteiger partial charge in [0.2, 0.25) is 0 Å². The summed E-state index contributed by atoms with van der Waals surface area (Å²) in [4.78, 5) is 14.5. The summed E-state index contributed by atoms with van der Waals surface area (Å²) in [6, 6.07) is -0.424. The molecule has 5 saturated carbocycles. The minimum Gasteiger partial charge on any atom is -0.462 e. The van der Waals surface area contributed by atoms with Gasteiger partial charge in [0.25, 0.3) is 0 Å². The molecule has 13 atom stereocenters. The number of likely N-dealkylation sites (tertiary alicyclic amines) is 1. The van der Waals surface area contributed by atoms with Crippen LogP contribution in [-0.2, 0) is 19.0 Å². The molecule has 8 heteroatoms. The van der Waals surface area contributed by atoms with Gasteiger partial charge in [-0.2, -0.15) is 0 Å². The fourth-order valence-electron chi connectivity index (χ4n) is 10.7. The highest BCUT2D eigenvalue weighted by molar-refractivity contribution is 5.66. The molecule has 186 valence electrons. The molecule has 33 heavy (non-hydrogen) atoms. The smallest absolute Gasteiger partial charge is 0.302 e. The molecule has 0 amide bonds. The molecule has 0 radical (unpaired) electrons. The maximum Gasteiger partial charge on any atom is 0.302 e. The highest BCUT2D eigenvalue weighted by Gasteiger charge is 2.91. The third kappa shape index (κ3) is 2.20. The van der Waals surface area contributed by atoms with Gasteiger partial charge in [0.15, 0.2) is 0 Å². The van der Waals surface area contributed by atoms with Crippen LogP contribution in [0.5, 0.6) is 0 Å². The summed E-state index contributed by atoms with van der Waals surface area (Å²) in [7, 11) is 3.25. The summed E-state index contributed by atoms with van der Waals surface area (Å²) < 4.78 is 17.9. The molecule has 1 saturated heterocycles. The van der Waals surface area contributed by atoms with E-state index in [1.807, 2.05) is 0 Å². The van der Waals surface area contributed by atoms with E-state index in [-0.39, 0.29) is 41.7 Å². The largest absolute Gasteiger partial charge is 0.462 e. The number of esters is 1. The van der Waals surface area contributed by atoms with Crippen molar-refractivity contribution in [2.45, 2.75) is 88.1 Å². The SMILES string of the molecule is CCN1C[C@]2(C)CC[C@H](O)[C@]34C1[C@](O)([C@@H](OC)[C@H]23)[C@@]1(O)C[C@H](OC)[C@H]2C[C@@H]4[C@@H]1[C@H]2OC(C)=O. The van der Waals surface area contributed by atoms with E-state index in [1.165, 1.54) is 6.92 Å². The first kappa shape index (κ1) is 22.7. The van der Waals surface area contributed by atoms with E-state index in [0.717, 1.165) is 19.5 Å². The second-order valence-corrected chi connectivity index (χ2v) is 12.1. The van der Waals surface area contributed by atoms with Gasteiger partial charge in [-0.15, -0.1) is 0 Å². The van der Waals surface area contributed by atoms with Crippen molar-refractivity contribution in [2.24, 2.45) is 34.5 Å². The van der Waals surface area contributed by atoms with Gasteiger partial charge in [-0.05, 0) is 37.1 Å². The number of methoxy groups -OCH3 is 2. The van der Waals surface area contributed by atoms with Crippen LogP contribution in [0.25, 0.3) is 0 Å². The number of hydrogen-bond donors (Lipinski definition) is 3. The van der Waals surface area contributed by atoms with Crippen molar-refractivity contribution >= 4 is 5.97 Å². The minimum atomic E-state index is -1.61. The molecule has 1 aliphatic heterocycles. The predicted octanol–water partition coefficient (Wildman–Crippen LogP) is 0.561. The monoisotopic (exact) mass is 465 g/mol. The van der Waals surface area contributed by atoms with Crippen molar-refractivity contribution in [3.8, 4) is 0 Å². The molecule has 6 fully saturated rings. The molecule has 8 nitrogen and oxygen atoms in total. The number of carbonyl (C=O) groups excluding carboxylic acids is 1. The van der Waals surface area contributed by atoms with Gasteiger partial charge in [0.1, 0.15) is 17.3 Å². The molecule has 0 aromatic heterocycles. The van der Waals surface area contributed by atoms with Crippen LogP contribution >= 0.6 is 0 Å². The van der Waals surface area contributed by atoms with Crippen molar-refractivity contribution in [2.75, 3.05) is 27.3 Å². The first-order valence-corrected chi connectivity index (χ1v) is 12.7. The predicted molar refractivity (Wildman–Crippen MR) is 117 cm³/mol. The average Bonchev–Trinajstić information content (AvgIpc) is 3.16. The summed E-state index contributed by atoms with van der Waals surface area (Å²) in [5.74, 6) is -1.11. The van der Waals surface area contributed by atoms with Crippen LogP contribution in [-0.4, -0.2) is 95.2 Å². The Bertz CT molecular complexity index is 870. The number of piperidine rings is 1. The Morgan fingerprint density at radius 1 is 1.21 bits per heavy atom. The molecule has 1 spiro atoms. The van der Waals surface area contributed by atoms with Gasteiger partial charge in [-0.3, -0.25) is 9.69 Å². The minimum absolute atomic E-state index is 0.0660. The second kappa shape index (κ2) is 6.71. The Morgan fingerprint density at radius 2 is 1.94 bits per heavy atom. The Morgan fingerprint density at radius 3 is 2.55 bits per heavy atom. The molecule has 5 aliphatic carbocycles. The molecule has 6 rings (SSSR count). The van der Waals surface area contributed by atoms with Crippen molar-refractivity contribution < 1.29 is 34.3 Å². The topological polar surface area (TPSA) is 109 Å². The van der Waals surface area contributed by atoms with Crippen molar-refractivity contribution in [3.63, 3.8) is 0 Å². The first-order valence-electron chi connectivity index (χ1n) is 12.7. The number of hydrogen-bond acceptors (Lipinski definition) is 8. The normalized spacial score (nSPS) is 60.7.